The third-order valence-electron chi connectivity index (χ3n) is 1.55. The van der Waals surface area contributed by atoms with Crippen molar-refractivity contribution in [3.05, 3.63) is 31.6 Å². The van der Waals surface area contributed by atoms with Gasteiger partial charge in [-0.2, -0.15) is 0 Å². The Morgan fingerprint density at radius 3 is 2.57 bits per heavy atom. The van der Waals surface area contributed by atoms with Gasteiger partial charge in [0, 0.05) is 13.6 Å². The molecule has 0 bridgehead atoms. The summed E-state index contributed by atoms with van der Waals surface area (Å²) >= 11 is 4.83. The van der Waals surface area contributed by atoms with Crippen LogP contribution in [0, 0.1) is 9.39 Å². The molecule has 14 heavy (non-hydrogen) atoms. The predicted octanol–water partition coefficient (Wildman–Crippen LogP) is 2.31. The van der Waals surface area contributed by atoms with Crippen molar-refractivity contribution in [2.45, 2.75) is 6.10 Å². The Morgan fingerprint density at radius 2 is 2.14 bits per heavy atom. The van der Waals surface area contributed by atoms with Crippen LogP contribution in [-0.4, -0.2) is 16.2 Å². The van der Waals surface area contributed by atoms with Gasteiger partial charge in [0.25, 0.3) is 0 Å². The average Bonchev–Trinajstić information content (AvgIpc) is 2.01. The topological polar surface area (TPSA) is 57.5 Å². The van der Waals surface area contributed by atoms with Crippen LogP contribution in [0.5, 0.6) is 0 Å². The molecule has 0 aliphatic carbocycles. The fraction of sp³-hybridized carbons (Fsp3) is 0.125. The monoisotopic (exact) mass is 374 g/mol. The predicted molar refractivity (Wildman–Crippen MR) is 59.4 cm³/mol. The highest BCUT2D eigenvalue weighted by molar-refractivity contribution is 14.1. The van der Waals surface area contributed by atoms with E-state index in [4.69, 9.17) is 5.11 Å². The fourth-order valence-corrected chi connectivity index (χ4v) is 2.68. The van der Waals surface area contributed by atoms with E-state index in [0.29, 0.717) is 8.04 Å². The van der Waals surface area contributed by atoms with E-state index in [2.05, 4.69) is 15.9 Å². The number of carboxylic acids is 1. The summed E-state index contributed by atoms with van der Waals surface area (Å²) in [4.78, 5) is 10.5. The van der Waals surface area contributed by atoms with Crippen molar-refractivity contribution in [2.75, 3.05) is 0 Å². The Hall–Kier alpha value is -0.210. The van der Waals surface area contributed by atoms with Crippen molar-refractivity contribution in [3.8, 4) is 0 Å². The number of carboxylic acid groups (broad SMARTS) is 1. The Balaban J connectivity index is 3.27. The zero-order valence-electron chi connectivity index (χ0n) is 6.67. The molecule has 0 spiro atoms. The van der Waals surface area contributed by atoms with Crippen LogP contribution >= 0.6 is 38.5 Å². The van der Waals surface area contributed by atoms with Gasteiger partial charge in [-0.25, -0.2) is 9.18 Å². The van der Waals surface area contributed by atoms with Gasteiger partial charge in [0.05, 0.1) is 0 Å². The maximum atomic E-state index is 13.3. The maximum Gasteiger partial charge on any atom is 0.337 e. The van der Waals surface area contributed by atoms with Crippen LogP contribution in [0.1, 0.15) is 11.7 Å². The summed E-state index contributed by atoms with van der Waals surface area (Å²) in [6.07, 6.45) is -1.82. The first-order valence-corrected chi connectivity index (χ1v) is 5.36. The van der Waals surface area contributed by atoms with Crippen LogP contribution < -0.4 is 0 Å². The lowest BCUT2D eigenvalue weighted by Crippen LogP contribution is -2.13. The van der Waals surface area contributed by atoms with Gasteiger partial charge in [0.1, 0.15) is 5.82 Å². The number of hydrogen-bond acceptors (Lipinski definition) is 2. The molecule has 0 aromatic heterocycles. The van der Waals surface area contributed by atoms with E-state index in [-0.39, 0.29) is 5.56 Å². The molecule has 0 aliphatic heterocycles. The Kier molecular flexibility index (Phi) is 3.85. The van der Waals surface area contributed by atoms with Crippen molar-refractivity contribution >= 4 is 44.5 Å². The minimum atomic E-state index is -1.82. The van der Waals surface area contributed by atoms with E-state index in [1.54, 1.807) is 22.6 Å². The first-order chi connectivity index (χ1) is 6.43. The largest absolute Gasteiger partial charge is 0.479 e. The van der Waals surface area contributed by atoms with E-state index in [0.717, 1.165) is 6.07 Å². The fourth-order valence-electron chi connectivity index (χ4n) is 0.938. The normalized spacial score (nSPS) is 12.6. The molecule has 1 aromatic rings. The van der Waals surface area contributed by atoms with E-state index in [1.165, 1.54) is 6.07 Å². The molecule has 6 heteroatoms. The SMILES string of the molecule is O=C(O)C(O)c1c(F)cc(Br)cc1I. The molecule has 3 nitrogen and oxygen atoms in total. The van der Waals surface area contributed by atoms with Crippen LogP contribution in [-0.2, 0) is 4.79 Å². The highest BCUT2D eigenvalue weighted by Crippen LogP contribution is 2.27. The van der Waals surface area contributed by atoms with E-state index in [9.17, 15) is 14.3 Å². The van der Waals surface area contributed by atoms with Crippen molar-refractivity contribution in [1.82, 2.24) is 0 Å². The highest BCUT2D eigenvalue weighted by Gasteiger charge is 2.23. The van der Waals surface area contributed by atoms with Crippen LogP contribution in [0.15, 0.2) is 16.6 Å². The van der Waals surface area contributed by atoms with E-state index in [1.807, 2.05) is 0 Å². The first-order valence-electron chi connectivity index (χ1n) is 3.48. The molecule has 0 saturated heterocycles. The van der Waals surface area contributed by atoms with E-state index < -0.39 is 17.9 Å². The second-order valence-corrected chi connectivity index (χ2v) is 4.60. The number of carbonyl (C=O) groups is 1. The van der Waals surface area contributed by atoms with E-state index >= 15 is 0 Å². The number of hydrogen-bond donors (Lipinski definition) is 2. The molecule has 1 atom stereocenters. The Bertz CT molecular complexity index is 360. The van der Waals surface area contributed by atoms with Crippen molar-refractivity contribution < 1.29 is 19.4 Å². The van der Waals surface area contributed by atoms with Crippen LogP contribution in [0.4, 0.5) is 4.39 Å². The molecule has 0 amide bonds. The minimum Gasteiger partial charge on any atom is -0.479 e. The summed E-state index contributed by atoms with van der Waals surface area (Å²) in [5, 5.41) is 17.7. The molecule has 0 radical (unpaired) electrons. The molecular weight excluding hydrogens is 370 g/mol. The molecule has 1 unspecified atom stereocenters. The second kappa shape index (κ2) is 4.54. The summed E-state index contributed by atoms with van der Waals surface area (Å²) in [6.45, 7) is 0. The maximum absolute atomic E-state index is 13.3. The molecule has 76 valence electrons. The molecule has 0 saturated carbocycles. The van der Waals surface area contributed by atoms with Gasteiger partial charge >= 0.3 is 5.97 Å². The third-order valence-corrected chi connectivity index (χ3v) is 2.90. The van der Waals surface area contributed by atoms with Gasteiger partial charge in [0.15, 0.2) is 6.10 Å². The van der Waals surface area contributed by atoms with Crippen LogP contribution in [0.25, 0.3) is 0 Å². The van der Waals surface area contributed by atoms with Gasteiger partial charge < -0.3 is 10.2 Å². The van der Waals surface area contributed by atoms with Crippen molar-refractivity contribution in [1.29, 1.82) is 0 Å². The van der Waals surface area contributed by atoms with Crippen molar-refractivity contribution in [3.63, 3.8) is 0 Å². The zero-order chi connectivity index (χ0) is 10.9. The van der Waals surface area contributed by atoms with Gasteiger partial charge in [0.2, 0.25) is 0 Å². The lowest BCUT2D eigenvalue weighted by molar-refractivity contribution is -0.147. The quantitative estimate of drug-likeness (QED) is 0.781. The molecule has 0 fully saturated rings. The molecular formula is C8H5BrFIO3. The molecule has 1 rings (SSSR count). The smallest absolute Gasteiger partial charge is 0.337 e. The van der Waals surface area contributed by atoms with Gasteiger partial charge in [-0.3, -0.25) is 0 Å². The summed E-state index contributed by atoms with van der Waals surface area (Å²) in [5.74, 6) is -2.21. The molecule has 2 N–H and O–H groups in total. The lowest BCUT2D eigenvalue weighted by atomic mass is 10.1. The molecule has 0 heterocycles. The summed E-state index contributed by atoms with van der Waals surface area (Å²) in [5.41, 5.74) is -0.207. The first kappa shape index (κ1) is 11.9. The Labute approximate surface area is 101 Å². The van der Waals surface area contributed by atoms with Gasteiger partial charge in [-0.1, -0.05) is 15.9 Å². The minimum absolute atomic E-state index is 0.207. The van der Waals surface area contributed by atoms with Crippen LogP contribution in [0.2, 0.25) is 0 Å². The molecule has 0 aliphatic rings. The van der Waals surface area contributed by atoms with Crippen molar-refractivity contribution in [2.24, 2.45) is 0 Å². The number of aliphatic hydroxyl groups is 1. The third kappa shape index (κ3) is 2.43. The number of aliphatic carboxylic acids is 1. The lowest BCUT2D eigenvalue weighted by Gasteiger charge is -2.09. The second-order valence-electron chi connectivity index (χ2n) is 2.52. The summed E-state index contributed by atoms with van der Waals surface area (Å²) in [6, 6.07) is 2.65. The Morgan fingerprint density at radius 1 is 1.57 bits per heavy atom. The number of halogens is 3. The highest BCUT2D eigenvalue weighted by atomic mass is 127. The van der Waals surface area contributed by atoms with Gasteiger partial charge in [-0.15, -0.1) is 0 Å². The molecule has 1 aromatic carbocycles. The number of benzene rings is 1. The number of rotatable bonds is 2. The zero-order valence-corrected chi connectivity index (χ0v) is 10.4. The van der Waals surface area contributed by atoms with Crippen LogP contribution in [0.3, 0.4) is 0 Å². The van der Waals surface area contributed by atoms with Gasteiger partial charge in [-0.05, 0) is 34.7 Å². The number of aliphatic hydroxyl groups excluding tert-OH is 1. The standard InChI is InChI=1S/C8H5BrFIO3/c9-3-1-4(10)6(5(11)2-3)7(12)8(13)14/h1-2,7,12H,(H,13,14). The average molecular weight is 375 g/mol. The summed E-state index contributed by atoms with van der Waals surface area (Å²) < 4.78 is 14.1. The summed E-state index contributed by atoms with van der Waals surface area (Å²) in [7, 11) is 0.